The highest BCUT2D eigenvalue weighted by Gasteiger charge is 2.18. The Labute approximate surface area is 143 Å². The zero-order chi connectivity index (χ0) is 17.5. The first-order chi connectivity index (χ1) is 11.5. The molecule has 0 saturated carbocycles. The van der Waals surface area contributed by atoms with Crippen LogP contribution in [0.1, 0.15) is 38.3 Å². The highest BCUT2D eigenvalue weighted by molar-refractivity contribution is 5.97. The molecule has 1 N–H and O–H groups in total. The number of nitriles is 1. The molecule has 128 valence electrons. The van der Waals surface area contributed by atoms with E-state index in [4.69, 9.17) is 4.74 Å². The molecule has 1 amide bonds. The maximum atomic E-state index is 12.4. The third-order valence-electron chi connectivity index (χ3n) is 4.46. The first kappa shape index (κ1) is 17.9. The van der Waals surface area contributed by atoms with Crippen LogP contribution < -0.4 is 10.1 Å². The highest BCUT2D eigenvalue weighted by atomic mass is 16.5. The van der Waals surface area contributed by atoms with Crippen LogP contribution in [0.3, 0.4) is 0 Å². The average molecular weight is 327 g/mol. The summed E-state index contributed by atoms with van der Waals surface area (Å²) in [6.45, 7) is 5.92. The summed E-state index contributed by atoms with van der Waals surface area (Å²) in [5.41, 5.74) is 1.12. The van der Waals surface area contributed by atoms with Crippen molar-refractivity contribution in [3.05, 3.63) is 41.6 Å². The zero-order valence-electron chi connectivity index (χ0n) is 14.6. The lowest BCUT2D eigenvalue weighted by Crippen LogP contribution is -2.32. The van der Waals surface area contributed by atoms with Crippen LogP contribution in [-0.2, 0) is 4.79 Å². The van der Waals surface area contributed by atoms with Gasteiger partial charge in [-0.25, -0.2) is 0 Å². The van der Waals surface area contributed by atoms with E-state index in [9.17, 15) is 10.1 Å². The van der Waals surface area contributed by atoms with Crippen LogP contribution in [0.5, 0.6) is 5.75 Å². The van der Waals surface area contributed by atoms with E-state index in [1.54, 1.807) is 13.3 Å². The summed E-state index contributed by atoms with van der Waals surface area (Å²) in [7, 11) is 1.62. The fraction of sp³-hybridized carbons (Fsp3) is 0.474. The molecule has 0 bridgehead atoms. The second-order valence-electron chi connectivity index (χ2n) is 6.34. The van der Waals surface area contributed by atoms with E-state index in [0.29, 0.717) is 5.92 Å². The number of carbonyl (C=O) groups excluding carboxylic acids is 1. The first-order valence-corrected chi connectivity index (χ1v) is 8.34. The number of amides is 1. The fourth-order valence-corrected chi connectivity index (χ4v) is 2.73. The van der Waals surface area contributed by atoms with Crippen molar-refractivity contribution in [1.82, 2.24) is 10.2 Å². The minimum absolute atomic E-state index is 0.157. The summed E-state index contributed by atoms with van der Waals surface area (Å²) < 4.78 is 5.13. The molecule has 1 unspecified atom stereocenters. The van der Waals surface area contributed by atoms with Crippen molar-refractivity contribution in [2.45, 2.75) is 32.7 Å². The van der Waals surface area contributed by atoms with E-state index in [1.165, 1.54) is 0 Å². The van der Waals surface area contributed by atoms with Gasteiger partial charge in [0.25, 0.3) is 5.91 Å². The zero-order valence-corrected chi connectivity index (χ0v) is 14.6. The van der Waals surface area contributed by atoms with Crippen LogP contribution in [0.15, 0.2) is 36.0 Å². The molecule has 5 heteroatoms. The van der Waals surface area contributed by atoms with E-state index >= 15 is 0 Å². The maximum absolute atomic E-state index is 12.4. The summed E-state index contributed by atoms with van der Waals surface area (Å²) in [5.74, 6) is 1.15. The van der Waals surface area contributed by atoms with E-state index in [2.05, 4.69) is 17.1 Å². The van der Waals surface area contributed by atoms with E-state index < -0.39 is 0 Å². The Hall–Kier alpha value is -2.48. The van der Waals surface area contributed by atoms with Gasteiger partial charge in [0.05, 0.1) is 13.2 Å². The predicted molar refractivity (Wildman–Crippen MR) is 93.2 cm³/mol. The normalized spacial score (nSPS) is 17.1. The molecule has 5 nitrogen and oxygen atoms in total. The summed E-state index contributed by atoms with van der Waals surface area (Å²) in [6, 6.07) is 9.37. The van der Waals surface area contributed by atoms with Crippen molar-refractivity contribution in [2.24, 2.45) is 5.92 Å². The van der Waals surface area contributed by atoms with Crippen molar-refractivity contribution in [1.29, 1.82) is 5.26 Å². The molecule has 0 aromatic heterocycles. The Morgan fingerprint density at radius 3 is 2.54 bits per heavy atom. The van der Waals surface area contributed by atoms with Gasteiger partial charge in [-0.15, -0.1) is 0 Å². The molecule has 1 aromatic carbocycles. The predicted octanol–water partition coefficient (Wildman–Crippen LogP) is 3.01. The molecule has 1 aromatic rings. The number of carbonyl (C=O) groups is 1. The minimum Gasteiger partial charge on any atom is -0.497 e. The van der Waals surface area contributed by atoms with Crippen LogP contribution in [0.25, 0.3) is 0 Å². The quantitative estimate of drug-likeness (QED) is 0.667. The third-order valence-corrected chi connectivity index (χ3v) is 4.46. The summed E-state index contributed by atoms with van der Waals surface area (Å²) >= 11 is 0. The van der Waals surface area contributed by atoms with Crippen molar-refractivity contribution >= 4 is 5.91 Å². The second-order valence-corrected chi connectivity index (χ2v) is 6.34. The van der Waals surface area contributed by atoms with Crippen LogP contribution >= 0.6 is 0 Å². The van der Waals surface area contributed by atoms with Crippen molar-refractivity contribution in [3.8, 4) is 11.8 Å². The third kappa shape index (κ3) is 4.76. The summed E-state index contributed by atoms with van der Waals surface area (Å²) in [5, 5.41) is 12.2. The first-order valence-electron chi connectivity index (χ1n) is 8.34. The number of rotatable bonds is 5. The van der Waals surface area contributed by atoms with Gasteiger partial charge in [-0.2, -0.15) is 5.26 Å². The molecule has 2 rings (SSSR count). The molecule has 1 heterocycles. The van der Waals surface area contributed by atoms with Gasteiger partial charge in [-0.3, -0.25) is 4.79 Å². The van der Waals surface area contributed by atoms with Crippen LogP contribution in [0.4, 0.5) is 0 Å². The molecule has 24 heavy (non-hydrogen) atoms. The number of benzene rings is 1. The lowest BCUT2D eigenvalue weighted by Gasteiger charge is -2.29. The van der Waals surface area contributed by atoms with Crippen molar-refractivity contribution in [3.63, 3.8) is 0 Å². The lowest BCUT2D eigenvalue weighted by atomic mass is 9.99. The molecular weight excluding hydrogens is 302 g/mol. The molecule has 0 spiro atoms. The molecule has 0 aliphatic carbocycles. The van der Waals surface area contributed by atoms with Crippen LogP contribution in [0, 0.1) is 17.2 Å². The number of likely N-dealkylation sites (tertiary alicyclic amines) is 1. The second kappa shape index (κ2) is 8.39. The highest BCUT2D eigenvalue weighted by Crippen LogP contribution is 2.19. The Bertz CT molecular complexity index is 623. The van der Waals surface area contributed by atoms with Gasteiger partial charge < -0.3 is 15.0 Å². The monoisotopic (exact) mass is 327 g/mol. The smallest absolute Gasteiger partial charge is 0.263 e. The summed E-state index contributed by atoms with van der Waals surface area (Å²) in [6.07, 6.45) is 3.89. The van der Waals surface area contributed by atoms with Crippen LogP contribution in [-0.4, -0.2) is 31.0 Å². The Morgan fingerprint density at radius 1 is 1.38 bits per heavy atom. The van der Waals surface area contributed by atoms with E-state index in [1.807, 2.05) is 37.3 Å². The van der Waals surface area contributed by atoms with Gasteiger partial charge in [0, 0.05) is 19.3 Å². The Morgan fingerprint density at radius 2 is 2.00 bits per heavy atom. The Kier molecular flexibility index (Phi) is 6.25. The van der Waals surface area contributed by atoms with Crippen LogP contribution in [0.2, 0.25) is 0 Å². The average Bonchev–Trinajstić information content (AvgIpc) is 2.61. The van der Waals surface area contributed by atoms with Gasteiger partial charge in [0.15, 0.2) is 0 Å². The fourth-order valence-electron chi connectivity index (χ4n) is 2.73. The molecule has 1 atom stereocenters. The lowest BCUT2D eigenvalue weighted by molar-refractivity contribution is -0.117. The van der Waals surface area contributed by atoms with E-state index in [-0.39, 0.29) is 17.5 Å². The maximum Gasteiger partial charge on any atom is 0.263 e. The molecule has 1 aliphatic rings. The number of hydrogen-bond donors (Lipinski definition) is 1. The number of nitrogens with zero attached hydrogens (tertiary/aromatic N) is 2. The molecule has 1 saturated heterocycles. The molecule has 1 fully saturated rings. The topological polar surface area (TPSA) is 65.4 Å². The largest absolute Gasteiger partial charge is 0.497 e. The number of methoxy groups -OCH3 is 1. The van der Waals surface area contributed by atoms with Gasteiger partial charge in [-0.05, 0) is 43.4 Å². The number of nitrogens with one attached hydrogen (secondary N) is 1. The van der Waals surface area contributed by atoms with E-state index in [0.717, 1.165) is 37.2 Å². The molecule has 1 aliphatic heterocycles. The minimum atomic E-state index is -0.334. The van der Waals surface area contributed by atoms with Crippen molar-refractivity contribution in [2.75, 3.05) is 20.2 Å². The van der Waals surface area contributed by atoms with Gasteiger partial charge >= 0.3 is 0 Å². The summed E-state index contributed by atoms with van der Waals surface area (Å²) in [4.78, 5) is 14.4. The SMILES string of the molecule is COc1ccc(C(C)NC(=O)/C(C#N)=C\N2CCC(C)CC2)cc1. The molecule has 0 radical (unpaired) electrons. The van der Waals surface area contributed by atoms with Crippen molar-refractivity contribution < 1.29 is 9.53 Å². The standard InChI is InChI=1S/C19H25N3O2/c1-14-8-10-22(11-9-14)13-17(12-20)19(23)21-15(2)16-4-6-18(24-3)7-5-16/h4-7,13-15H,8-11H2,1-3H3,(H,21,23)/b17-13-. The number of ether oxygens (including phenoxy) is 1. The molecular formula is C19H25N3O2. The van der Waals surface area contributed by atoms with Gasteiger partial charge in [0.1, 0.15) is 17.4 Å². The van der Waals surface area contributed by atoms with Gasteiger partial charge in [0.2, 0.25) is 0 Å². The Balaban J connectivity index is 1.99. The number of piperidine rings is 1. The van der Waals surface area contributed by atoms with Gasteiger partial charge in [-0.1, -0.05) is 19.1 Å². The number of hydrogen-bond acceptors (Lipinski definition) is 4.